The Morgan fingerprint density at radius 2 is 2.15 bits per heavy atom. The molecule has 1 saturated carbocycles. The van der Waals surface area contributed by atoms with Crippen LogP contribution in [-0.4, -0.2) is 44.0 Å². The Kier molecular flexibility index (Phi) is 3.72. The molecule has 2 unspecified atom stereocenters. The maximum absolute atomic E-state index is 11.0. The van der Waals surface area contributed by atoms with Gasteiger partial charge in [0.15, 0.2) is 0 Å². The van der Waals surface area contributed by atoms with Crippen LogP contribution in [0.3, 0.4) is 0 Å². The predicted octanol–water partition coefficient (Wildman–Crippen LogP) is 2.50. The highest BCUT2D eigenvalue weighted by molar-refractivity contribution is 9.10. The molecule has 2 aliphatic rings. The van der Waals surface area contributed by atoms with E-state index in [9.17, 15) is 5.11 Å². The highest BCUT2D eigenvalue weighted by Gasteiger charge is 2.46. The Morgan fingerprint density at radius 1 is 1.45 bits per heavy atom. The minimum atomic E-state index is -0.607. The number of β-amino-alcohol motifs (C(OH)–C–C–N with tert-alkyl or cyclic N) is 1. The monoisotopic (exact) mass is 341 g/mol. The van der Waals surface area contributed by atoms with Crippen LogP contribution in [0.15, 0.2) is 4.47 Å². The van der Waals surface area contributed by atoms with E-state index in [-0.39, 0.29) is 0 Å². The first-order valence-corrected chi connectivity index (χ1v) is 8.43. The molecule has 2 atom stereocenters. The number of likely N-dealkylation sites (tertiary alicyclic amines) is 1. The van der Waals surface area contributed by atoms with Crippen molar-refractivity contribution >= 4 is 15.9 Å². The van der Waals surface area contributed by atoms with Crippen LogP contribution in [-0.2, 0) is 13.0 Å². The lowest BCUT2D eigenvalue weighted by Gasteiger charge is -2.24. The molecule has 0 aromatic carbocycles. The Bertz CT molecular complexity index is 511. The summed E-state index contributed by atoms with van der Waals surface area (Å²) in [6, 6.07) is 1.21. The van der Waals surface area contributed by atoms with Crippen LogP contribution in [0.5, 0.6) is 0 Å². The topological polar surface area (TPSA) is 41.3 Å². The molecule has 112 valence electrons. The number of aliphatic hydroxyl groups is 1. The molecule has 5 heteroatoms. The fourth-order valence-electron chi connectivity index (χ4n) is 3.60. The van der Waals surface area contributed by atoms with Gasteiger partial charge in [-0.25, -0.2) is 0 Å². The summed E-state index contributed by atoms with van der Waals surface area (Å²) in [5.41, 5.74) is 1.54. The van der Waals surface area contributed by atoms with Crippen LogP contribution in [0.4, 0.5) is 0 Å². The van der Waals surface area contributed by atoms with Gasteiger partial charge >= 0.3 is 0 Å². The highest BCUT2D eigenvalue weighted by atomic mass is 79.9. The van der Waals surface area contributed by atoms with Crippen LogP contribution in [0.2, 0.25) is 0 Å². The maximum atomic E-state index is 11.0. The van der Waals surface area contributed by atoms with Crippen molar-refractivity contribution in [2.24, 2.45) is 0 Å². The lowest BCUT2D eigenvalue weighted by atomic mass is 9.94. The Labute approximate surface area is 129 Å². The summed E-state index contributed by atoms with van der Waals surface area (Å²) in [4.78, 5) is 2.49. The summed E-state index contributed by atoms with van der Waals surface area (Å²) in [6.07, 6.45) is 4.16. The Balaban J connectivity index is 1.80. The number of hydrogen-bond donors (Lipinski definition) is 1. The molecule has 20 heavy (non-hydrogen) atoms. The van der Waals surface area contributed by atoms with E-state index in [2.05, 4.69) is 39.8 Å². The van der Waals surface area contributed by atoms with Crippen LogP contribution in [0, 0.1) is 6.92 Å². The highest BCUT2D eigenvalue weighted by Crippen LogP contribution is 2.39. The Morgan fingerprint density at radius 3 is 2.75 bits per heavy atom. The largest absolute Gasteiger partial charge is 0.388 e. The normalized spacial score (nSPS) is 31.1. The van der Waals surface area contributed by atoms with Gasteiger partial charge in [-0.15, -0.1) is 0 Å². The minimum absolute atomic E-state index is 0.491. The van der Waals surface area contributed by atoms with E-state index in [4.69, 9.17) is 0 Å². The van der Waals surface area contributed by atoms with Crippen molar-refractivity contribution < 1.29 is 5.11 Å². The van der Waals surface area contributed by atoms with Gasteiger partial charge in [-0.05, 0) is 56.0 Å². The van der Waals surface area contributed by atoms with Crippen LogP contribution >= 0.6 is 15.9 Å². The van der Waals surface area contributed by atoms with Crippen molar-refractivity contribution in [1.29, 1.82) is 0 Å². The van der Waals surface area contributed by atoms with Gasteiger partial charge in [-0.3, -0.25) is 9.58 Å². The molecule has 4 nitrogen and oxygen atoms in total. The molecule has 1 N–H and O–H groups in total. The first kappa shape index (κ1) is 14.5. The van der Waals surface area contributed by atoms with Crippen molar-refractivity contribution in [3.05, 3.63) is 15.9 Å². The summed E-state index contributed by atoms with van der Waals surface area (Å²) in [5.74, 6) is 0. The quantitative estimate of drug-likeness (QED) is 0.914. The number of hydrogen-bond acceptors (Lipinski definition) is 3. The summed E-state index contributed by atoms with van der Waals surface area (Å²) >= 11 is 3.64. The van der Waals surface area contributed by atoms with E-state index < -0.39 is 5.60 Å². The average molecular weight is 342 g/mol. The number of aromatic nitrogens is 2. The van der Waals surface area contributed by atoms with Gasteiger partial charge in [-0.1, -0.05) is 0 Å². The standard InChI is InChI=1S/C15H24BrN3O/c1-4-19-13(14(16)11(3)17-19)8-15(20)7-10(2)18(9-15)12-5-6-12/h10,12,20H,4-9H2,1-3H3. The summed E-state index contributed by atoms with van der Waals surface area (Å²) in [7, 11) is 0. The second-order valence-electron chi connectivity index (χ2n) is 6.52. The van der Waals surface area contributed by atoms with Gasteiger partial charge in [0.05, 0.1) is 21.5 Å². The van der Waals surface area contributed by atoms with Crippen molar-refractivity contribution in [1.82, 2.24) is 14.7 Å². The zero-order valence-corrected chi connectivity index (χ0v) is 14.2. The van der Waals surface area contributed by atoms with Gasteiger partial charge in [0.25, 0.3) is 0 Å². The van der Waals surface area contributed by atoms with Gasteiger partial charge < -0.3 is 5.11 Å². The third kappa shape index (κ3) is 2.55. The molecule has 0 radical (unpaired) electrons. The number of halogens is 1. The molecule has 1 aromatic rings. The molecule has 0 amide bonds. The van der Waals surface area contributed by atoms with Gasteiger partial charge in [0.1, 0.15) is 0 Å². The van der Waals surface area contributed by atoms with Crippen molar-refractivity contribution in [3.63, 3.8) is 0 Å². The second-order valence-corrected chi connectivity index (χ2v) is 7.31. The van der Waals surface area contributed by atoms with Gasteiger partial charge in [0.2, 0.25) is 0 Å². The van der Waals surface area contributed by atoms with E-state index >= 15 is 0 Å². The number of rotatable bonds is 4. The molecule has 1 aliphatic heterocycles. The maximum Gasteiger partial charge on any atom is 0.0844 e. The van der Waals surface area contributed by atoms with E-state index in [1.165, 1.54) is 12.8 Å². The average Bonchev–Trinajstić information content (AvgIpc) is 3.14. The lowest BCUT2D eigenvalue weighted by molar-refractivity contribution is 0.0465. The zero-order valence-electron chi connectivity index (χ0n) is 12.6. The Hall–Kier alpha value is -0.390. The third-order valence-electron chi connectivity index (χ3n) is 4.68. The third-order valence-corrected chi connectivity index (χ3v) is 5.72. The predicted molar refractivity (Wildman–Crippen MR) is 82.8 cm³/mol. The van der Waals surface area contributed by atoms with Crippen molar-refractivity contribution in [3.8, 4) is 0 Å². The SMILES string of the molecule is CCn1nc(C)c(Br)c1CC1(O)CC(C)N(C2CC2)C1. The molecular weight excluding hydrogens is 318 g/mol. The summed E-state index contributed by atoms with van der Waals surface area (Å²) in [5, 5.41) is 15.5. The zero-order chi connectivity index (χ0) is 14.5. The minimum Gasteiger partial charge on any atom is -0.388 e. The van der Waals surface area contributed by atoms with Crippen LogP contribution in [0.1, 0.15) is 44.5 Å². The van der Waals surface area contributed by atoms with E-state index in [0.717, 1.165) is 41.4 Å². The molecule has 2 heterocycles. The number of aryl methyl sites for hydroxylation is 2. The molecule has 3 rings (SSSR count). The van der Waals surface area contributed by atoms with Crippen molar-refractivity contribution in [2.75, 3.05) is 6.54 Å². The second kappa shape index (κ2) is 5.11. The fraction of sp³-hybridized carbons (Fsp3) is 0.800. The van der Waals surface area contributed by atoms with Crippen LogP contribution < -0.4 is 0 Å². The summed E-state index contributed by atoms with van der Waals surface area (Å²) in [6.45, 7) is 8.00. The van der Waals surface area contributed by atoms with E-state index in [1.54, 1.807) is 0 Å². The number of nitrogens with zero attached hydrogens (tertiary/aromatic N) is 3. The molecule has 1 saturated heterocycles. The van der Waals surface area contributed by atoms with E-state index in [0.29, 0.717) is 12.5 Å². The first-order chi connectivity index (χ1) is 9.43. The fourth-order valence-corrected chi connectivity index (χ4v) is 4.02. The summed E-state index contributed by atoms with van der Waals surface area (Å²) < 4.78 is 3.08. The molecule has 2 fully saturated rings. The molecule has 1 aliphatic carbocycles. The van der Waals surface area contributed by atoms with Gasteiger partial charge in [-0.2, -0.15) is 5.10 Å². The lowest BCUT2D eigenvalue weighted by Crippen LogP contribution is -2.37. The van der Waals surface area contributed by atoms with E-state index in [1.807, 2.05) is 11.6 Å². The van der Waals surface area contributed by atoms with Gasteiger partial charge in [0, 0.05) is 31.6 Å². The van der Waals surface area contributed by atoms with Crippen LogP contribution in [0.25, 0.3) is 0 Å². The molecule has 0 bridgehead atoms. The van der Waals surface area contributed by atoms with Crippen molar-refractivity contribution in [2.45, 2.75) is 70.7 Å². The molecule has 0 spiro atoms. The molecule has 1 aromatic heterocycles. The molecular formula is C15H24BrN3O. The first-order valence-electron chi connectivity index (χ1n) is 7.63. The smallest absolute Gasteiger partial charge is 0.0844 e.